The van der Waals surface area contributed by atoms with E-state index in [1.165, 1.54) is 11.1 Å². The van der Waals surface area contributed by atoms with Gasteiger partial charge in [-0.3, -0.25) is 0 Å². The van der Waals surface area contributed by atoms with Gasteiger partial charge in [0.1, 0.15) is 0 Å². The number of thiophene rings is 1. The first-order valence-corrected chi connectivity index (χ1v) is 6.07. The van der Waals surface area contributed by atoms with Gasteiger partial charge in [-0.1, -0.05) is 35.1 Å². The van der Waals surface area contributed by atoms with Gasteiger partial charge in [0.25, 0.3) is 0 Å². The Labute approximate surface area is 96.3 Å². The summed E-state index contributed by atoms with van der Waals surface area (Å²) in [6, 6.07) is 12.2. The Bertz CT molecular complexity index is 451. The number of benzene rings is 1. The van der Waals surface area contributed by atoms with Crippen molar-refractivity contribution in [1.29, 1.82) is 0 Å². The molecule has 1 aromatic heterocycles. The maximum absolute atomic E-state index is 8.50. The Kier molecular flexibility index (Phi) is 3.42. The smallest absolute Gasteiger partial charge is 0.0845 e. The van der Waals surface area contributed by atoms with Gasteiger partial charge >= 0.3 is 0 Å². The molecule has 15 heavy (non-hydrogen) atoms. The van der Waals surface area contributed by atoms with Crippen LogP contribution in [0, 0.1) is 0 Å². The Morgan fingerprint density at radius 1 is 1.20 bits per heavy atom. The van der Waals surface area contributed by atoms with E-state index in [9.17, 15) is 0 Å². The molecule has 2 aromatic rings. The number of hydrogen-bond donors (Lipinski definition) is 1. The predicted molar refractivity (Wildman–Crippen MR) is 64.3 cm³/mol. The van der Waals surface area contributed by atoms with E-state index < -0.39 is 0 Å². The fraction of sp³-hybridized carbons (Fsp3) is 0. The molecule has 2 nitrogen and oxygen atoms in total. The van der Waals surface area contributed by atoms with Crippen LogP contribution in [0.3, 0.4) is 0 Å². The lowest BCUT2D eigenvalue weighted by molar-refractivity contribution is 0.322. The van der Waals surface area contributed by atoms with Crippen LogP contribution >= 0.6 is 23.1 Å². The van der Waals surface area contributed by atoms with Crippen LogP contribution in [0.15, 0.2) is 56.7 Å². The van der Waals surface area contributed by atoms with Crippen molar-refractivity contribution < 1.29 is 5.21 Å². The highest BCUT2D eigenvalue weighted by Gasteiger charge is 2.03. The maximum Gasteiger partial charge on any atom is 0.0845 e. The molecule has 1 N–H and O–H groups in total. The number of nitrogens with zero attached hydrogens (tertiary/aromatic N) is 1. The summed E-state index contributed by atoms with van der Waals surface area (Å²) in [5.41, 5.74) is 0. The first-order chi connectivity index (χ1) is 7.40. The summed E-state index contributed by atoms with van der Waals surface area (Å²) in [6.45, 7) is 0. The van der Waals surface area contributed by atoms with Crippen molar-refractivity contribution in [3.05, 3.63) is 46.7 Å². The van der Waals surface area contributed by atoms with Crippen molar-refractivity contribution in [1.82, 2.24) is 0 Å². The standard InChI is InChI=1S/C11H9NOS2/c13-12-8-11-10(6-7-14-11)15-9-4-2-1-3-5-9/h1-8,13H/b12-8+. The average Bonchev–Trinajstić information content (AvgIpc) is 2.68. The van der Waals surface area contributed by atoms with Crippen LogP contribution in [-0.4, -0.2) is 11.4 Å². The molecule has 1 heterocycles. The lowest BCUT2D eigenvalue weighted by Crippen LogP contribution is -1.77. The fourth-order valence-electron chi connectivity index (χ4n) is 1.16. The highest BCUT2D eigenvalue weighted by molar-refractivity contribution is 7.99. The monoisotopic (exact) mass is 235 g/mol. The molecular weight excluding hydrogens is 226 g/mol. The van der Waals surface area contributed by atoms with E-state index >= 15 is 0 Å². The van der Waals surface area contributed by atoms with Gasteiger partial charge in [-0.15, -0.1) is 11.3 Å². The van der Waals surface area contributed by atoms with E-state index in [1.807, 2.05) is 29.6 Å². The van der Waals surface area contributed by atoms with Gasteiger partial charge in [0.05, 0.1) is 11.1 Å². The predicted octanol–water partition coefficient (Wildman–Crippen LogP) is 3.71. The van der Waals surface area contributed by atoms with Crippen molar-refractivity contribution in [3.63, 3.8) is 0 Å². The molecule has 76 valence electrons. The summed E-state index contributed by atoms with van der Waals surface area (Å²) < 4.78 is 0. The molecule has 4 heteroatoms. The van der Waals surface area contributed by atoms with E-state index in [1.54, 1.807) is 23.1 Å². The lowest BCUT2D eigenvalue weighted by Gasteiger charge is -1.99. The molecule has 0 aliphatic rings. The highest BCUT2D eigenvalue weighted by atomic mass is 32.2. The molecule has 1 aromatic carbocycles. The first kappa shape index (κ1) is 10.3. The minimum Gasteiger partial charge on any atom is -0.411 e. The molecule has 0 saturated carbocycles. The summed E-state index contributed by atoms with van der Waals surface area (Å²) >= 11 is 3.23. The average molecular weight is 235 g/mol. The zero-order chi connectivity index (χ0) is 10.5. The van der Waals surface area contributed by atoms with Crippen LogP contribution in [0.25, 0.3) is 0 Å². The quantitative estimate of drug-likeness (QED) is 0.500. The van der Waals surface area contributed by atoms with Crippen molar-refractivity contribution in [2.75, 3.05) is 0 Å². The van der Waals surface area contributed by atoms with Crippen molar-refractivity contribution in [3.8, 4) is 0 Å². The van der Waals surface area contributed by atoms with Crippen LogP contribution < -0.4 is 0 Å². The second kappa shape index (κ2) is 5.00. The van der Waals surface area contributed by atoms with Crippen molar-refractivity contribution in [2.45, 2.75) is 9.79 Å². The van der Waals surface area contributed by atoms with Crippen molar-refractivity contribution in [2.24, 2.45) is 5.16 Å². The SMILES string of the molecule is O/N=C/c1sccc1Sc1ccccc1. The van der Waals surface area contributed by atoms with Gasteiger partial charge in [0.15, 0.2) is 0 Å². The highest BCUT2D eigenvalue weighted by Crippen LogP contribution is 2.32. The lowest BCUT2D eigenvalue weighted by atomic mass is 10.4. The fourth-order valence-corrected chi connectivity index (χ4v) is 2.99. The van der Waals surface area contributed by atoms with Crippen LogP contribution in [0.4, 0.5) is 0 Å². The van der Waals surface area contributed by atoms with E-state index in [-0.39, 0.29) is 0 Å². The van der Waals surface area contributed by atoms with E-state index in [0.717, 1.165) is 9.77 Å². The Hall–Kier alpha value is -1.26. The molecule has 0 amide bonds. The molecule has 0 aliphatic heterocycles. The zero-order valence-electron chi connectivity index (χ0n) is 7.83. The molecule has 0 atom stereocenters. The first-order valence-electron chi connectivity index (χ1n) is 4.38. The molecule has 2 rings (SSSR count). The molecule has 0 saturated heterocycles. The second-order valence-electron chi connectivity index (χ2n) is 2.81. The Morgan fingerprint density at radius 3 is 2.73 bits per heavy atom. The second-order valence-corrected chi connectivity index (χ2v) is 4.87. The molecule has 0 fully saturated rings. The van der Waals surface area contributed by atoms with Gasteiger partial charge < -0.3 is 5.21 Å². The third kappa shape index (κ3) is 2.61. The molecule has 0 bridgehead atoms. The minimum atomic E-state index is 0.978. The van der Waals surface area contributed by atoms with E-state index in [0.29, 0.717) is 0 Å². The van der Waals surface area contributed by atoms with Crippen LogP contribution in [0.2, 0.25) is 0 Å². The zero-order valence-corrected chi connectivity index (χ0v) is 9.46. The topological polar surface area (TPSA) is 32.6 Å². The van der Waals surface area contributed by atoms with Crippen LogP contribution in [0.1, 0.15) is 4.88 Å². The summed E-state index contributed by atoms with van der Waals surface area (Å²) in [4.78, 5) is 3.28. The molecule has 0 unspecified atom stereocenters. The van der Waals surface area contributed by atoms with Gasteiger partial charge in [0, 0.05) is 9.79 Å². The van der Waals surface area contributed by atoms with E-state index in [4.69, 9.17) is 5.21 Å². The molecule has 0 spiro atoms. The number of oxime groups is 1. The van der Waals surface area contributed by atoms with Gasteiger partial charge in [-0.05, 0) is 23.6 Å². The third-order valence-corrected chi connectivity index (χ3v) is 3.87. The van der Waals surface area contributed by atoms with Crippen LogP contribution in [-0.2, 0) is 0 Å². The molecular formula is C11H9NOS2. The summed E-state index contributed by atoms with van der Waals surface area (Å²) in [6.07, 6.45) is 1.47. The van der Waals surface area contributed by atoms with Gasteiger partial charge in [-0.2, -0.15) is 0 Å². The van der Waals surface area contributed by atoms with Gasteiger partial charge in [0.2, 0.25) is 0 Å². The number of rotatable bonds is 3. The molecule has 0 aliphatic carbocycles. The van der Waals surface area contributed by atoms with Gasteiger partial charge in [-0.25, -0.2) is 0 Å². The van der Waals surface area contributed by atoms with Crippen LogP contribution in [0.5, 0.6) is 0 Å². The normalized spacial score (nSPS) is 10.9. The largest absolute Gasteiger partial charge is 0.411 e. The summed E-state index contributed by atoms with van der Waals surface area (Å²) in [5, 5.41) is 13.5. The van der Waals surface area contributed by atoms with Crippen molar-refractivity contribution >= 4 is 29.3 Å². The summed E-state index contributed by atoms with van der Waals surface area (Å²) in [5.74, 6) is 0. The minimum absolute atomic E-state index is 0.978. The Balaban J connectivity index is 2.21. The maximum atomic E-state index is 8.50. The summed E-state index contributed by atoms with van der Waals surface area (Å²) in [7, 11) is 0. The molecule has 0 radical (unpaired) electrons. The van der Waals surface area contributed by atoms with E-state index in [2.05, 4.69) is 17.3 Å². The third-order valence-electron chi connectivity index (χ3n) is 1.80. The Morgan fingerprint density at radius 2 is 2.00 bits per heavy atom. The number of hydrogen-bond acceptors (Lipinski definition) is 4.